The molecule has 6 nitrogen and oxygen atoms in total. The van der Waals surface area contributed by atoms with Crippen LogP contribution in [0.2, 0.25) is 5.02 Å². The summed E-state index contributed by atoms with van der Waals surface area (Å²) in [4.78, 5) is 40.7. The fourth-order valence-electron chi connectivity index (χ4n) is 5.54. The quantitative estimate of drug-likeness (QED) is 0.564. The molecule has 1 heterocycles. The molecule has 1 N–H and O–H groups in total. The summed E-state index contributed by atoms with van der Waals surface area (Å²) in [5, 5.41) is 3.18. The van der Waals surface area contributed by atoms with Gasteiger partial charge < -0.3 is 15.0 Å². The van der Waals surface area contributed by atoms with Gasteiger partial charge in [-0.2, -0.15) is 0 Å². The molecule has 0 saturated heterocycles. The number of carbonyl (C=O) groups is 3. The van der Waals surface area contributed by atoms with Gasteiger partial charge >= 0.3 is 0 Å². The van der Waals surface area contributed by atoms with Gasteiger partial charge in [-0.3, -0.25) is 14.4 Å². The summed E-state index contributed by atoms with van der Waals surface area (Å²) < 4.78 is 5.72. The third-order valence-electron chi connectivity index (χ3n) is 7.31. The van der Waals surface area contributed by atoms with Crippen molar-refractivity contribution in [2.75, 3.05) is 19.0 Å². The van der Waals surface area contributed by atoms with E-state index in [2.05, 4.69) is 10.2 Å². The second kappa shape index (κ2) is 9.94. The smallest absolute Gasteiger partial charge is 0.262 e. The first-order chi connectivity index (χ1) is 17.3. The molecule has 0 bridgehead atoms. The Bertz CT molecular complexity index is 1280. The summed E-state index contributed by atoms with van der Waals surface area (Å²) in [6, 6.07) is 12.9. The first-order valence-electron chi connectivity index (χ1n) is 12.4. The SMILES string of the molecule is Cc1ccccc1NC(=O)COc1ccc(C2C3=C(CCCC3=O)N(C)C3=C2C(=O)CCC3)cc1Cl. The molecule has 1 amide bonds. The largest absolute Gasteiger partial charge is 0.482 e. The number of rotatable bonds is 5. The number of ether oxygens (including phenoxy) is 1. The Labute approximate surface area is 216 Å². The molecule has 1 aliphatic heterocycles. The van der Waals surface area contributed by atoms with Gasteiger partial charge in [-0.05, 0) is 61.9 Å². The Morgan fingerprint density at radius 2 is 1.64 bits per heavy atom. The monoisotopic (exact) mass is 504 g/mol. The average molecular weight is 505 g/mol. The molecule has 0 unspecified atom stereocenters. The van der Waals surface area contributed by atoms with E-state index in [1.165, 1.54) is 0 Å². The lowest BCUT2D eigenvalue weighted by atomic mass is 9.71. The van der Waals surface area contributed by atoms with Crippen LogP contribution in [0.1, 0.15) is 55.6 Å². The Hall–Kier alpha value is -3.38. The van der Waals surface area contributed by atoms with Crippen molar-refractivity contribution < 1.29 is 19.1 Å². The Morgan fingerprint density at radius 1 is 1.00 bits per heavy atom. The second-order valence-corrected chi connectivity index (χ2v) is 10.0. The van der Waals surface area contributed by atoms with E-state index in [1.54, 1.807) is 12.1 Å². The van der Waals surface area contributed by atoms with Crippen molar-refractivity contribution >= 4 is 34.8 Å². The van der Waals surface area contributed by atoms with Gasteiger partial charge in [0.15, 0.2) is 18.2 Å². The number of carbonyl (C=O) groups excluding carboxylic acids is 3. The Morgan fingerprint density at radius 3 is 2.25 bits per heavy atom. The highest BCUT2D eigenvalue weighted by Gasteiger charge is 2.42. The molecule has 5 rings (SSSR count). The summed E-state index contributed by atoms with van der Waals surface area (Å²) in [5.74, 6) is -0.126. The molecule has 186 valence electrons. The third-order valence-corrected chi connectivity index (χ3v) is 7.61. The van der Waals surface area contributed by atoms with Gasteiger partial charge in [0.25, 0.3) is 5.91 Å². The van der Waals surface area contributed by atoms with E-state index in [0.29, 0.717) is 23.6 Å². The number of halogens is 1. The van der Waals surface area contributed by atoms with Gasteiger partial charge in [-0.1, -0.05) is 35.9 Å². The molecule has 2 aromatic rings. The van der Waals surface area contributed by atoms with Crippen molar-refractivity contribution in [1.29, 1.82) is 0 Å². The molecule has 0 aromatic heterocycles. The van der Waals surface area contributed by atoms with Crippen LogP contribution in [0.25, 0.3) is 0 Å². The first kappa shape index (κ1) is 24.3. The normalized spacial score (nSPS) is 18.2. The fourth-order valence-corrected chi connectivity index (χ4v) is 5.79. The number of para-hydroxylation sites is 1. The van der Waals surface area contributed by atoms with Crippen LogP contribution in [-0.4, -0.2) is 36.0 Å². The molecule has 2 aromatic carbocycles. The zero-order chi connectivity index (χ0) is 25.4. The van der Waals surface area contributed by atoms with Crippen molar-refractivity contribution in [3.8, 4) is 5.75 Å². The van der Waals surface area contributed by atoms with Crippen LogP contribution in [0.4, 0.5) is 5.69 Å². The van der Waals surface area contributed by atoms with Crippen LogP contribution >= 0.6 is 11.6 Å². The predicted molar refractivity (Wildman–Crippen MR) is 139 cm³/mol. The van der Waals surface area contributed by atoms with Crippen LogP contribution in [0.3, 0.4) is 0 Å². The average Bonchev–Trinajstić information content (AvgIpc) is 2.86. The van der Waals surface area contributed by atoms with Crippen molar-refractivity contribution in [2.45, 2.75) is 51.4 Å². The van der Waals surface area contributed by atoms with E-state index in [9.17, 15) is 14.4 Å². The maximum Gasteiger partial charge on any atom is 0.262 e. The van der Waals surface area contributed by atoms with Crippen molar-refractivity contribution in [1.82, 2.24) is 4.90 Å². The van der Waals surface area contributed by atoms with Crippen molar-refractivity contribution in [2.24, 2.45) is 0 Å². The molecule has 0 fully saturated rings. The summed E-state index contributed by atoms with van der Waals surface area (Å²) in [6.45, 7) is 1.73. The summed E-state index contributed by atoms with van der Waals surface area (Å²) in [7, 11) is 1.98. The topological polar surface area (TPSA) is 75.7 Å². The molecule has 0 atom stereocenters. The number of hydrogen-bond acceptors (Lipinski definition) is 5. The van der Waals surface area contributed by atoms with E-state index in [4.69, 9.17) is 16.3 Å². The molecule has 2 aliphatic carbocycles. The zero-order valence-electron chi connectivity index (χ0n) is 20.5. The number of nitrogens with one attached hydrogen (secondary N) is 1. The molecule has 0 saturated carbocycles. The van der Waals surface area contributed by atoms with Crippen LogP contribution in [-0.2, 0) is 14.4 Å². The van der Waals surface area contributed by atoms with Gasteiger partial charge in [0.05, 0.1) is 5.02 Å². The maximum atomic E-state index is 13.1. The van der Waals surface area contributed by atoms with Gasteiger partial charge in [0.1, 0.15) is 5.75 Å². The molecular formula is C29H29ClN2O4. The van der Waals surface area contributed by atoms with Gasteiger partial charge in [-0.25, -0.2) is 0 Å². The Balaban J connectivity index is 1.41. The fraction of sp³-hybridized carbons (Fsp3) is 0.345. The lowest BCUT2D eigenvalue weighted by Gasteiger charge is -2.42. The van der Waals surface area contributed by atoms with E-state index in [0.717, 1.165) is 65.0 Å². The van der Waals surface area contributed by atoms with Crippen LogP contribution in [0, 0.1) is 6.92 Å². The molecule has 0 radical (unpaired) electrons. The molecular weight excluding hydrogens is 476 g/mol. The van der Waals surface area contributed by atoms with Crippen LogP contribution < -0.4 is 10.1 Å². The number of amides is 1. The highest BCUT2D eigenvalue weighted by Crippen LogP contribution is 2.49. The number of aryl methyl sites for hydroxylation is 1. The van der Waals surface area contributed by atoms with Crippen molar-refractivity contribution in [3.63, 3.8) is 0 Å². The van der Waals surface area contributed by atoms with E-state index >= 15 is 0 Å². The van der Waals surface area contributed by atoms with Gasteiger partial charge in [-0.15, -0.1) is 0 Å². The standard InChI is InChI=1S/C29H29ClN2O4/c1-17-7-3-4-8-20(17)31-26(35)16-36-25-14-13-18(15-19(25)30)27-28-21(9-5-11-23(28)33)32(2)22-10-6-12-24(34)29(22)27/h3-4,7-8,13-15,27H,5-6,9-12,16H2,1-2H3,(H,31,35). The minimum atomic E-state index is -0.414. The summed E-state index contributed by atoms with van der Waals surface area (Å²) in [5.41, 5.74) is 5.99. The number of benzene rings is 2. The highest BCUT2D eigenvalue weighted by atomic mass is 35.5. The molecule has 3 aliphatic rings. The predicted octanol–water partition coefficient (Wildman–Crippen LogP) is 5.71. The highest BCUT2D eigenvalue weighted by molar-refractivity contribution is 6.32. The third kappa shape index (κ3) is 4.46. The number of nitrogens with zero attached hydrogens (tertiary/aromatic N) is 1. The second-order valence-electron chi connectivity index (χ2n) is 9.61. The van der Waals surface area contributed by atoms with Crippen LogP contribution in [0.5, 0.6) is 5.75 Å². The number of allylic oxidation sites excluding steroid dienone is 4. The number of Topliss-reactive ketones (excluding diaryl/α,β-unsaturated/α-hetero) is 2. The zero-order valence-corrected chi connectivity index (χ0v) is 21.3. The number of anilines is 1. The molecule has 36 heavy (non-hydrogen) atoms. The number of ketones is 2. The first-order valence-corrected chi connectivity index (χ1v) is 12.8. The lowest BCUT2D eigenvalue weighted by Crippen LogP contribution is -2.37. The van der Waals surface area contributed by atoms with E-state index in [1.807, 2.05) is 44.3 Å². The maximum absolute atomic E-state index is 13.1. The molecule has 0 spiro atoms. The summed E-state index contributed by atoms with van der Waals surface area (Å²) in [6.07, 6.45) is 4.27. The van der Waals surface area contributed by atoms with Gasteiger partial charge in [0, 0.05) is 54.0 Å². The molecule has 7 heteroatoms. The number of hydrogen-bond donors (Lipinski definition) is 1. The lowest BCUT2D eigenvalue weighted by molar-refractivity contribution is -0.118. The van der Waals surface area contributed by atoms with Gasteiger partial charge in [0.2, 0.25) is 0 Å². The van der Waals surface area contributed by atoms with E-state index < -0.39 is 5.92 Å². The minimum Gasteiger partial charge on any atom is -0.482 e. The van der Waals surface area contributed by atoms with Crippen molar-refractivity contribution in [3.05, 3.63) is 81.2 Å². The summed E-state index contributed by atoms with van der Waals surface area (Å²) >= 11 is 6.60. The minimum absolute atomic E-state index is 0.0994. The van der Waals surface area contributed by atoms with E-state index in [-0.39, 0.29) is 24.1 Å². The van der Waals surface area contributed by atoms with Crippen LogP contribution in [0.15, 0.2) is 65.0 Å². The Kier molecular flexibility index (Phi) is 6.71.